The number of amides is 1. The molecule has 1 fully saturated rings. The second kappa shape index (κ2) is 14.8. The molecule has 8 heteroatoms. The molecule has 0 unspecified atom stereocenters. The molecule has 1 aromatic heterocycles. The molecule has 0 bridgehead atoms. The number of aromatic nitrogens is 1. The summed E-state index contributed by atoms with van der Waals surface area (Å²) >= 11 is 1.54. The Morgan fingerprint density at radius 2 is 1.80 bits per heavy atom. The van der Waals surface area contributed by atoms with E-state index < -0.39 is 6.10 Å². The largest absolute Gasteiger partial charge is 0.392 e. The molecule has 2 heterocycles. The van der Waals surface area contributed by atoms with Crippen LogP contribution in [0.5, 0.6) is 0 Å². The van der Waals surface area contributed by atoms with Crippen LogP contribution in [0.25, 0.3) is 0 Å². The van der Waals surface area contributed by atoms with E-state index >= 15 is 0 Å². The first-order chi connectivity index (χ1) is 19.7. The number of aryl methyl sites for hydroxylation is 2. The summed E-state index contributed by atoms with van der Waals surface area (Å²) in [5, 5.41) is 17.0. The van der Waals surface area contributed by atoms with E-state index in [1.165, 1.54) is 18.4 Å². The lowest BCUT2D eigenvalue weighted by Crippen LogP contribution is -2.48. The third kappa shape index (κ3) is 9.30. The van der Waals surface area contributed by atoms with Crippen LogP contribution < -0.4 is 5.32 Å². The maximum atomic E-state index is 13.7. The van der Waals surface area contributed by atoms with Crippen LogP contribution in [0.3, 0.4) is 0 Å². The fourth-order valence-corrected chi connectivity index (χ4v) is 6.36. The number of hydrogen-bond donors (Lipinski definition) is 2. The van der Waals surface area contributed by atoms with Crippen molar-refractivity contribution < 1.29 is 14.7 Å². The maximum Gasteiger partial charge on any atom is 0.254 e. The number of likely N-dealkylation sites (tertiary alicyclic amines) is 1. The fraction of sp³-hybridized carbons (Fsp3) is 0.485. The van der Waals surface area contributed by atoms with Gasteiger partial charge in [-0.3, -0.25) is 9.59 Å². The van der Waals surface area contributed by atoms with Crippen LogP contribution in [0.2, 0.25) is 0 Å². The molecular formula is C33H44N4O3S. The Hall–Kier alpha value is -2.91. The summed E-state index contributed by atoms with van der Waals surface area (Å²) in [7, 11) is 1.77. The first kappa shape index (κ1) is 31.0. The van der Waals surface area contributed by atoms with Crippen molar-refractivity contribution in [3.63, 3.8) is 0 Å². The minimum absolute atomic E-state index is 0.0248. The Morgan fingerprint density at radius 3 is 2.46 bits per heavy atom. The van der Waals surface area contributed by atoms with Gasteiger partial charge in [-0.1, -0.05) is 30.3 Å². The number of nitrogens with one attached hydrogen (secondary N) is 1. The summed E-state index contributed by atoms with van der Waals surface area (Å²) < 4.78 is 0. The highest BCUT2D eigenvalue weighted by molar-refractivity contribution is 7.09. The number of ketones is 1. The lowest BCUT2D eigenvalue weighted by atomic mass is 9.90. The molecule has 4 rings (SSSR count). The van der Waals surface area contributed by atoms with Gasteiger partial charge in [0, 0.05) is 48.3 Å². The molecule has 1 aliphatic heterocycles. The van der Waals surface area contributed by atoms with Gasteiger partial charge in [-0.25, -0.2) is 4.98 Å². The second-order valence-corrected chi connectivity index (χ2v) is 12.5. The highest BCUT2D eigenvalue weighted by Crippen LogP contribution is 2.20. The predicted octanol–water partition coefficient (Wildman–Crippen LogP) is 4.90. The van der Waals surface area contributed by atoms with E-state index in [-0.39, 0.29) is 23.7 Å². The first-order valence-electron chi connectivity index (χ1n) is 14.7. The summed E-state index contributed by atoms with van der Waals surface area (Å²) in [6.45, 7) is 9.71. The monoisotopic (exact) mass is 576 g/mol. The van der Waals surface area contributed by atoms with E-state index in [4.69, 9.17) is 0 Å². The normalized spacial score (nSPS) is 15.9. The average molecular weight is 577 g/mol. The third-order valence-corrected chi connectivity index (χ3v) is 8.73. The fourth-order valence-electron chi connectivity index (χ4n) is 5.53. The van der Waals surface area contributed by atoms with E-state index in [9.17, 15) is 14.7 Å². The van der Waals surface area contributed by atoms with Gasteiger partial charge in [0.15, 0.2) is 5.78 Å². The summed E-state index contributed by atoms with van der Waals surface area (Å²) in [5.74, 6) is -0.0585. The molecule has 0 saturated carbocycles. The van der Waals surface area contributed by atoms with Crippen molar-refractivity contribution in [3.8, 4) is 0 Å². The Morgan fingerprint density at radius 1 is 1.10 bits per heavy atom. The number of Topliss-reactive ketones (excluding diaryl/α,β-unsaturated/α-hetero) is 1. The van der Waals surface area contributed by atoms with Gasteiger partial charge in [-0.15, -0.1) is 11.3 Å². The molecular weight excluding hydrogens is 532 g/mol. The zero-order chi connectivity index (χ0) is 29.4. The number of benzene rings is 2. The number of thiazole rings is 1. The van der Waals surface area contributed by atoms with Crippen molar-refractivity contribution in [2.75, 3.05) is 33.2 Å². The first-order valence-corrected chi connectivity index (χ1v) is 15.5. The number of hydrogen-bond acceptors (Lipinski definition) is 7. The molecule has 1 saturated heterocycles. The van der Waals surface area contributed by atoms with Crippen molar-refractivity contribution in [2.24, 2.45) is 5.92 Å². The molecule has 220 valence electrons. The minimum atomic E-state index is -0.487. The van der Waals surface area contributed by atoms with Crippen molar-refractivity contribution in [1.29, 1.82) is 0 Å². The van der Waals surface area contributed by atoms with Crippen molar-refractivity contribution in [3.05, 3.63) is 86.9 Å². The molecule has 3 aromatic rings. The lowest BCUT2D eigenvalue weighted by molar-refractivity contribution is 0.0784. The Labute approximate surface area is 248 Å². The number of aliphatic hydroxyl groups excluding tert-OH is 1. The molecule has 1 amide bonds. The summed E-state index contributed by atoms with van der Waals surface area (Å²) in [6.07, 6.45) is 3.03. The van der Waals surface area contributed by atoms with Gasteiger partial charge in [0.1, 0.15) is 5.01 Å². The molecule has 0 spiro atoms. The molecule has 41 heavy (non-hydrogen) atoms. The molecule has 0 radical (unpaired) electrons. The Kier molecular flexibility index (Phi) is 11.2. The summed E-state index contributed by atoms with van der Waals surface area (Å²) in [6, 6.07) is 15.6. The molecule has 2 N–H and O–H groups in total. The van der Waals surface area contributed by atoms with Crippen molar-refractivity contribution >= 4 is 23.0 Å². The SMILES string of the molecule is Cc1cc(C(=O)C[C@H](CN[C@H](CN2CCCC2)[C@H](C)O)Cc2ccccc2)cc(C(=O)N(C)Cc2nc(C)cs2)c1. The average Bonchev–Trinajstić information content (AvgIpc) is 3.61. The third-order valence-electron chi connectivity index (χ3n) is 7.78. The van der Waals surface area contributed by atoms with E-state index in [1.807, 2.05) is 56.5 Å². The van der Waals surface area contributed by atoms with Gasteiger partial charge in [0.2, 0.25) is 0 Å². The highest BCUT2D eigenvalue weighted by Gasteiger charge is 2.24. The quantitative estimate of drug-likeness (QED) is 0.266. The molecule has 3 atom stereocenters. The highest BCUT2D eigenvalue weighted by atomic mass is 32.1. The van der Waals surface area contributed by atoms with Gasteiger partial charge >= 0.3 is 0 Å². The van der Waals surface area contributed by atoms with E-state index in [1.54, 1.807) is 29.4 Å². The topological polar surface area (TPSA) is 85.8 Å². The van der Waals surface area contributed by atoms with Crippen LogP contribution in [0.4, 0.5) is 0 Å². The Bertz CT molecular complexity index is 1290. The number of rotatable bonds is 14. The van der Waals surface area contributed by atoms with Crippen LogP contribution in [0.1, 0.15) is 68.7 Å². The Balaban J connectivity index is 1.46. The van der Waals surface area contributed by atoms with Gasteiger partial charge in [-0.2, -0.15) is 0 Å². The standard InChI is InChI=1S/C33H44N4O3S/c1-23-14-28(18-29(15-23)33(40)36(4)21-32-35-24(2)22-41-32)31(39)17-27(16-26-10-6-5-7-11-26)19-34-30(25(3)38)20-37-12-8-9-13-37/h5-7,10-11,14-15,18,22,25,27,30,34,38H,8-9,12-13,16-17,19-21H2,1-4H3/t25-,27+,30+/m0/s1. The molecule has 1 aliphatic rings. The minimum Gasteiger partial charge on any atom is -0.392 e. The van der Waals surface area contributed by atoms with Crippen molar-refractivity contribution in [1.82, 2.24) is 20.1 Å². The van der Waals surface area contributed by atoms with Crippen molar-refractivity contribution in [2.45, 2.75) is 65.1 Å². The number of nitrogens with zero attached hydrogens (tertiary/aromatic N) is 3. The second-order valence-electron chi connectivity index (χ2n) is 11.6. The van der Waals surface area contributed by atoms with Crippen LogP contribution in [0.15, 0.2) is 53.9 Å². The maximum absolute atomic E-state index is 13.7. The predicted molar refractivity (Wildman–Crippen MR) is 166 cm³/mol. The number of carbonyl (C=O) groups is 2. The van der Waals surface area contributed by atoms with Crippen LogP contribution >= 0.6 is 11.3 Å². The summed E-state index contributed by atoms with van der Waals surface area (Å²) in [5.41, 5.74) is 4.09. The smallest absolute Gasteiger partial charge is 0.254 e. The zero-order valence-electron chi connectivity index (χ0n) is 24.8. The van der Waals surface area contributed by atoms with Crippen LogP contribution in [-0.4, -0.2) is 77.0 Å². The molecule has 0 aliphatic carbocycles. The van der Waals surface area contributed by atoms with Gasteiger partial charge in [-0.05, 0) is 94.9 Å². The van der Waals surface area contributed by atoms with E-state index in [0.29, 0.717) is 30.6 Å². The van der Waals surface area contributed by atoms with Crippen LogP contribution in [0, 0.1) is 19.8 Å². The van der Waals surface area contributed by atoms with E-state index in [0.717, 1.165) is 42.3 Å². The van der Waals surface area contributed by atoms with E-state index in [2.05, 4.69) is 27.3 Å². The van der Waals surface area contributed by atoms with Gasteiger partial charge in [0.25, 0.3) is 5.91 Å². The number of carbonyl (C=O) groups excluding carboxylic acids is 2. The molecule has 7 nitrogen and oxygen atoms in total. The number of aliphatic hydroxyl groups is 1. The zero-order valence-corrected chi connectivity index (χ0v) is 25.6. The summed E-state index contributed by atoms with van der Waals surface area (Å²) in [4.78, 5) is 35.5. The van der Waals surface area contributed by atoms with Crippen LogP contribution in [-0.2, 0) is 13.0 Å². The van der Waals surface area contributed by atoms with Gasteiger partial charge < -0.3 is 20.2 Å². The van der Waals surface area contributed by atoms with Gasteiger partial charge in [0.05, 0.1) is 12.6 Å². The lowest BCUT2D eigenvalue weighted by Gasteiger charge is -2.28. The molecule has 2 aromatic carbocycles.